The number of hydrogen-bond donors (Lipinski definition) is 1. The van der Waals surface area contributed by atoms with E-state index in [9.17, 15) is 4.79 Å². The van der Waals surface area contributed by atoms with Gasteiger partial charge in [-0.3, -0.25) is 4.79 Å². The molecule has 3 nitrogen and oxygen atoms in total. The van der Waals surface area contributed by atoms with Crippen molar-refractivity contribution in [3.05, 3.63) is 87.6 Å². The Morgan fingerprint density at radius 3 is 2.43 bits per heavy atom. The topological polar surface area (TPSA) is 48.0 Å². The fraction of sp³-hybridized carbons (Fsp3) is 0. The molecule has 114 valence electrons. The maximum atomic E-state index is 12.8. The van der Waals surface area contributed by atoms with Crippen molar-refractivity contribution in [1.29, 1.82) is 0 Å². The van der Waals surface area contributed by atoms with Gasteiger partial charge in [-0.2, -0.15) is 0 Å². The molecule has 1 aromatic heterocycles. The highest BCUT2D eigenvalue weighted by molar-refractivity contribution is 9.10. The molecule has 0 fully saturated rings. The molecule has 3 rings (SSSR count). The van der Waals surface area contributed by atoms with Crippen molar-refractivity contribution >= 4 is 38.6 Å². The van der Waals surface area contributed by atoms with Crippen molar-refractivity contribution in [2.75, 3.05) is 0 Å². The van der Waals surface area contributed by atoms with Crippen molar-refractivity contribution in [2.24, 2.45) is 5.73 Å². The summed E-state index contributed by atoms with van der Waals surface area (Å²) >= 11 is 3.57. The quantitative estimate of drug-likeness (QED) is 0.749. The van der Waals surface area contributed by atoms with Crippen LogP contribution >= 0.6 is 15.9 Å². The van der Waals surface area contributed by atoms with Crippen molar-refractivity contribution in [3.8, 4) is 5.69 Å². The predicted molar refractivity (Wildman–Crippen MR) is 101 cm³/mol. The van der Waals surface area contributed by atoms with E-state index in [-0.39, 0.29) is 5.43 Å². The van der Waals surface area contributed by atoms with Crippen LogP contribution in [-0.4, -0.2) is 4.57 Å². The van der Waals surface area contributed by atoms with Crippen molar-refractivity contribution < 1.29 is 0 Å². The van der Waals surface area contributed by atoms with Gasteiger partial charge in [-0.05, 0) is 40.2 Å². The third-order valence-corrected chi connectivity index (χ3v) is 4.39. The third-order valence-electron chi connectivity index (χ3n) is 3.71. The molecule has 0 aliphatic carbocycles. The van der Waals surface area contributed by atoms with E-state index < -0.39 is 0 Å². The Labute approximate surface area is 142 Å². The number of rotatable bonds is 3. The zero-order valence-corrected chi connectivity index (χ0v) is 14.0. The summed E-state index contributed by atoms with van der Waals surface area (Å²) in [5.41, 5.74) is 8.92. The Morgan fingerprint density at radius 2 is 1.78 bits per heavy atom. The number of aromatic nitrogens is 1. The maximum Gasteiger partial charge on any atom is 0.197 e. The van der Waals surface area contributed by atoms with Gasteiger partial charge in [-0.1, -0.05) is 43.5 Å². The van der Waals surface area contributed by atoms with Gasteiger partial charge in [0.2, 0.25) is 0 Å². The molecule has 0 aliphatic heterocycles. The van der Waals surface area contributed by atoms with Gasteiger partial charge < -0.3 is 10.3 Å². The van der Waals surface area contributed by atoms with E-state index in [1.165, 1.54) is 6.08 Å². The van der Waals surface area contributed by atoms with Crippen LogP contribution in [0.25, 0.3) is 28.4 Å². The molecule has 2 aromatic carbocycles. The average molecular weight is 367 g/mol. The van der Waals surface area contributed by atoms with Crippen molar-refractivity contribution in [3.63, 3.8) is 0 Å². The number of para-hydroxylation sites is 2. The van der Waals surface area contributed by atoms with Crippen molar-refractivity contribution in [1.82, 2.24) is 4.57 Å². The molecule has 2 N–H and O–H groups in total. The molecule has 0 atom stereocenters. The second-order valence-electron chi connectivity index (χ2n) is 5.12. The number of halogens is 1. The molecule has 1 heterocycles. The second kappa shape index (κ2) is 5.89. The molecule has 23 heavy (non-hydrogen) atoms. The molecule has 0 spiro atoms. The molecular weight excluding hydrogens is 352 g/mol. The SMILES string of the molecule is C=Cc1c(C(=C)N)n(-c2ccccc2Br)c2ccccc2c1=O. The van der Waals surface area contributed by atoms with E-state index in [1.54, 1.807) is 6.07 Å². The van der Waals surface area contributed by atoms with Gasteiger partial charge in [0.15, 0.2) is 5.43 Å². The summed E-state index contributed by atoms with van der Waals surface area (Å²) in [6.45, 7) is 7.63. The van der Waals surface area contributed by atoms with Crippen LogP contribution in [-0.2, 0) is 0 Å². The zero-order chi connectivity index (χ0) is 16.6. The minimum atomic E-state index is -0.0968. The predicted octanol–water partition coefficient (Wildman–Crippen LogP) is 4.33. The Balaban J connectivity index is 2.64. The highest BCUT2D eigenvalue weighted by atomic mass is 79.9. The van der Waals surface area contributed by atoms with Crippen LogP contribution in [0.5, 0.6) is 0 Å². The van der Waals surface area contributed by atoms with Crippen LogP contribution < -0.4 is 11.2 Å². The zero-order valence-electron chi connectivity index (χ0n) is 12.4. The first kappa shape index (κ1) is 15.3. The summed E-state index contributed by atoms with van der Waals surface area (Å²) < 4.78 is 2.84. The van der Waals surface area contributed by atoms with E-state index in [0.29, 0.717) is 22.3 Å². The summed E-state index contributed by atoms with van der Waals surface area (Å²) in [6.07, 6.45) is 1.54. The summed E-state index contributed by atoms with van der Waals surface area (Å²) in [5, 5.41) is 0.614. The molecule has 4 heteroatoms. The first-order chi connectivity index (χ1) is 11.1. The lowest BCUT2D eigenvalue weighted by Gasteiger charge is -2.20. The molecule has 0 radical (unpaired) electrons. The lowest BCUT2D eigenvalue weighted by atomic mass is 10.0. The van der Waals surface area contributed by atoms with E-state index in [2.05, 4.69) is 29.1 Å². The Morgan fingerprint density at radius 1 is 1.13 bits per heavy atom. The van der Waals surface area contributed by atoms with Gasteiger partial charge >= 0.3 is 0 Å². The van der Waals surface area contributed by atoms with Crippen LogP contribution in [0.4, 0.5) is 0 Å². The van der Waals surface area contributed by atoms with Gasteiger partial charge in [0.1, 0.15) is 0 Å². The van der Waals surface area contributed by atoms with Gasteiger partial charge in [-0.25, -0.2) is 0 Å². The molecule has 0 unspecified atom stereocenters. The van der Waals surface area contributed by atoms with E-state index >= 15 is 0 Å². The average Bonchev–Trinajstić information content (AvgIpc) is 2.55. The highest BCUT2D eigenvalue weighted by Crippen LogP contribution is 2.29. The van der Waals surface area contributed by atoms with Gasteiger partial charge in [0.05, 0.1) is 16.9 Å². The van der Waals surface area contributed by atoms with Crippen LogP contribution in [0.3, 0.4) is 0 Å². The number of nitrogens with two attached hydrogens (primary N) is 1. The van der Waals surface area contributed by atoms with Gasteiger partial charge in [0, 0.05) is 21.1 Å². The molecule has 0 bridgehead atoms. The van der Waals surface area contributed by atoms with Crippen LogP contribution in [0.2, 0.25) is 0 Å². The molecule has 0 aliphatic rings. The van der Waals surface area contributed by atoms with E-state index in [0.717, 1.165) is 15.7 Å². The molecule has 3 aromatic rings. The monoisotopic (exact) mass is 366 g/mol. The Hall–Kier alpha value is -2.59. The van der Waals surface area contributed by atoms with Gasteiger partial charge in [-0.15, -0.1) is 0 Å². The Bertz CT molecular complexity index is 1000. The smallest absolute Gasteiger partial charge is 0.197 e. The highest BCUT2D eigenvalue weighted by Gasteiger charge is 2.18. The van der Waals surface area contributed by atoms with Crippen LogP contribution in [0, 0.1) is 0 Å². The minimum Gasteiger partial charge on any atom is -0.397 e. The van der Waals surface area contributed by atoms with Crippen LogP contribution in [0.1, 0.15) is 11.3 Å². The lowest BCUT2D eigenvalue weighted by Crippen LogP contribution is -2.19. The summed E-state index contributed by atoms with van der Waals surface area (Å²) in [4.78, 5) is 12.8. The summed E-state index contributed by atoms with van der Waals surface area (Å²) in [7, 11) is 0. The number of hydrogen-bond acceptors (Lipinski definition) is 2. The van der Waals surface area contributed by atoms with Crippen molar-refractivity contribution in [2.45, 2.75) is 0 Å². The first-order valence-electron chi connectivity index (χ1n) is 7.06. The molecule has 0 saturated carbocycles. The largest absolute Gasteiger partial charge is 0.397 e. The number of fused-ring (bicyclic) bond motifs is 1. The van der Waals surface area contributed by atoms with Gasteiger partial charge in [0.25, 0.3) is 0 Å². The molecule has 0 amide bonds. The van der Waals surface area contributed by atoms with E-state index in [1.807, 2.05) is 47.0 Å². The number of pyridine rings is 1. The standard InChI is InChI=1S/C19H15BrN2O/c1-3-13-18(12(2)21)22(17-11-7-5-9-15(17)20)16-10-6-4-8-14(16)19(13)23/h3-11H,1-2,21H2. The number of nitrogens with zero attached hydrogens (tertiary/aromatic N) is 1. The molecular formula is C19H15BrN2O. The third kappa shape index (κ3) is 2.41. The fourth-order valence-electron chi connectivity index (χ4n) is 2.74. The number of benzene rings is 2. The van der Waals surface area contributed by atoms with E-state index in [4.69, 9.17) is 5.73 Å². The van der Waals surface area contributed by atoms with Crippen LogP contribution in [0.15, 0.2) is 71.0 Å². The lowest BCUT2D eigenvalue weighted by molar-refractivity contribution is 1.05. The normalized spacial score (nSPS) is 10.7. The summed E-state index contributed by atoms with van der Waals surface area (Å²) in [6, 6.07) is 15.2. The summed E-state index contributed by atoms with van der Waals surface area (Å²) in [5.74, 6) is 0. The molecule has 0 saturated heterocycles. The minimum absolute atomic E-state index is 0.0968. The first-order valence-corrected chi connectivity index (χ1v) is 7.85. The maximum absolute atomic E-state index is 12.8. The second-order valence-corrected chi connectivity index (χ2v) is 5.98. The Kier molecular flexibility index (Phi) is 3.92. The fourth-order valence-corrected chi connectivity index (χ4v) is 3.21.